The minimum Gasteiger partial charge on any atom is -0.489 e. The Balaban J connectivity index is 2.13. The fourth-order valence-corrected chi connectivity index (χ4v) is 1.75. The second-order valence-corrected chi connectivity index (χ2v) is 4.13. The Bertz CT molecular complexity index is 564. The van der Waals surface area contributed by atoms with Gasteiger partial charge in [-0.25, -0.2) is 0 Å². The van der Waals surface area contributed by atoms with Gasteiger partial charge in [-0.15, -0.1) is 0 Å². The third-order valence-corrected chi connectivity index (χ3v) is 2.67. The number of hydrogen-bond acceptors (Lipinski definition) is 2. The third kappa shape index (κ3) is 2.88. The summed E-state index contributed by atoms with van der Waals surface area (Å²) in [6, 6.07) is 15.0. The van der Waals surface area contributed by atoms with Crippen LogP contribution in [0.3, 0.4) is 0 Å². The fourth-order valence-electron chi connectivity index (χ4n) is 1.75. The zero-order valence-corrected chi connectivity index (χ0v) is 10.2. The summed E-state index contributed by atoms with van der Waals surface area (Å²) in [7, 11) is 0. The van der Waals surface area contributed by atoms with Gasteiger partial charge < -0.3 is 10.5 Å². The molecule has 0 aliphatic heterocycles. The molecule has 0 bridgehead atoms. The van der Waals surface area contributed by atoms with Gasteiger partial charge in [-0.05, 0) is 30.7 Å². The molecule has 2 aromatic carbocycles. The summed E-state index contributed by atoms with van der Waals surface area (Å²) in [4.78, 5) is 11.3. The van der Waals surface area contributed by atoms with Crippen LogP contribution in [0.1, 0.15) is 21.5 Å². The van der Waals surface area contributed by atoms with Gasteiger partial charge in [0.25, 0.3) is 0 Å². The van der Waals surface area contributed by atoms with Crippen LogP contribution in [0.15, 0.2) is 48.5 Å². The van der Waals surface area contributed by atoms with Crippen molar-refractivity contribution in [3.8, 4) is 5.75 Å². The second kappa shape index (κ2) is 5.36. The lowest BCUT2D eigenvalue weighted by atomic mass is 10.1. The molecule has 3 nitrogen and oxygen atoms in total. The van der Waals surface area contributed by atoms with E-state index in [1.165, 1.54) is 0 Å². The van der Waals surface area contributed by atoms with Crippen LogP contribution < -0.4 is 10.5 Å². The van der Waals surface area contributed by atoms with Crippen LogP contribution in [0.25, 0.3) is 0 Å². The highest BCUT2D eigenvalue weighted by atomic mass is 16.5. The molecule has 0 aromatic heterocycles. The molecule has 0 aliphatic carbocycles. The summed E-state index contributed by atoms with van der Waals surface area (Å²) < 4.78 is 5.66. The minimum atomic E-state index is -0.432. The van der Waals surface area contributed by atoms with Gasteiger partial charge in [-0.1, -0.05) is 30.3 Å². The molecule has 92 valence electrons. The average Bonchev–Trinajstić information content (AvgIpc) is 2.37. The molecule has 0 saturated heterocycles. The highest BCUT2D eigenvalue weighted by molar-refractivity contribution is 5.94. The first-order chi connectivity index (χ1) is 8.66. The van der Waals surface area contributed by atoms with Gasteiger partial charge in [0, 0.05) is 11.1 Å². The normalized spacial score (nSPS) is 10.1. The summed E-state index contributed by atoms with van der Waals surface area (Å²) in [6.45, 7) is 2.34. The molecule has 0 aliphatic rings. The van der Waals surface area contributed by atoms with Crippen molar-refractivity contribution in [1.29, 1.82) is 0 Å². The molecule has 2 aromatic rings. The van der Waals surface area contributed by atoms with Gasteiger partial charge in [-0.3, -0.25) is 4.79 Å². The molecule has 2 rings (SSSR count). The Morgan fingerprint density at radius 1 is 1.17 bits per heavy atom. The van der Waals surface area contributed by atoms with Crippen molar-refractivity contribution in [3.63, 3.8) is 0 Å². The van der Waals surface area contributed by atoms with Crippen molar-refractivity contribution in [3.05, 3.63) is 65.2 Å². The Morgan fingerprint density at radius 3 is 2.67 bits per heavy atom. The quantitative estimate of drug-likeness (QED) is 0.894. The molecule has 0 radical (unpaired) electrons. The lowest BCUT2D eigenvalue weighted by Crippen LogP contribution is -2.14. The number of carbonyl (C=O) groups excluding carboxylic acids is 1. The minimum absolute atomic E-state index is 0.336. The number of hydrogen-bond donors (Lipinski definition) is 1. The van der Waals surface area contributed by atoms with E-state index >= 15 is 0 Å². The van der Waals surface area contributed by atoms with Crippen molar-refractivity contribution >= 4 is 5.91 Å². The average molecular weight is 241 g/mol. The summed E-state index contributed by atoms with van der Waals surface area (Å²) >= 11 is 0. The lowest BCUT2D eigenvalue weighted by Gasteiger charge is -2.09. The van der Waals surface area contributed by atoms with Crippen LogP contribution in [0.2, 0.25) is 0 Å². The summed E-state index contributed by atoms with van der Waals surface area (Å²) in [6.07, 6.45) is 0. The van der Waals surface area contributed by atoms with Crippen LogP contribution >= 0.6 is 0 Å². The first kappa shape index (κ1) is 12.2. The van der Waals surface area contributed by atoms with Crippen molar-refractivity contribution < 1.29 is 9.53 Å². The molecule has 1 amide bonds. The number of ether oxygens (including phenoxy) is 1. The van der Waals surface area contributed by atoms with Gasteiger partial charge in [-0.2, -0.15) is 0 Å². The van der Waals surface area contributed by atoms with Crippen molar-refractivity contribution in [2.45, 2.75) is 13.5 Å². The van der Waals surface area contributed by atoms with Crippen molar-refractivity contribution in [2.75, 3.05) is 0 Å². The summed E-state index contributed by atoms with van der Waals surface area (Å²) in [5.74, 6) is 0.354. The monoisotopic (exact) mass is 241 g/mol. The van der Waals surface area contributed by atoms with E-state index in [0.29, 0.717) is 12.2 Å². The molecule has 2 N–H and O–H groups in total. The van der Waals surface area contributed by atoms with E-state index in [2.05, 4.69) is 0 Å². The van der Waals surface area contributed by atoms with Gasteiger partial charge in [0.2, 0.25) is 5.91 Å². The topological polar surface area (TPSA) is 52.3 Å². The van der Waals surface area contributed by atoms with Crippen LogP contribution in [-0.2, 0) is 6.61 Å². The molecule has 0 spiro atoms. The maximum atomic E-state index is 11.3. The van der Waals surface area contributed by atoms with Crippen LogP contribution in [0.5, 0.6) is 5.75 Å². The summed E-state index contributed by atoms with van der Waals surface area (Å²) in [5, 5.41) is 0. The molecule has 0 heterocycles. The molecular formula is C15H15NO2. The van der Waals surface area contributed by atoms with E-state index in [1.807, 2.05) is 43.3 Å². The SMILES string of the molecule is Cc1cccc(OCc2ccccc2C(N)=O)c1. The van der Waals surface area contributed by atoms with E-state index < -0.39 is 5.91 Å². The van der Waals surface area contributed by atoms with E-state index in [9.17, 15) is 4.79 Å². The first-order valence-corrected chi connectivity index (χ1v) is 5.74. The van der Waals surface area contributed by atoms with E-state index in [0.717, 1.165) is 16.9 Å². The number of benzene rings is 2. The summed E-state index contributed by atoms with van der Waals surface area (Å²) in [5.41, 5.74) is 7.75. The van der Waals surface area contributed by atoms with Gasteiger partial charge in [0.05, 0.1) is 0 Å². The van der Waals surface area contributed by atoms with E-state index in [-0.39, 0.29) is 0 Å². The molecule has 18 heavy (non-hydrogen) atoms. The van der Waals surface area contributed by atoms with Crippen molar-refractivity contribution in [1.82, 2.24) is 0 Å². The highest BCUT2D eigenvalue weighted by Gasteiger charge is 2.07. The Hall–Kier alpha value is -2.29. The Morgan fingerprint density at radius 2 is 1.94 bits per heavy atom. The second-order valence-electron chi connectivity index (χ2n) is 4.13. The molecular weight excluding hydrogens is 226 g/mol. The zero-order chi connectivity index (χ0) is 13.0. The predicted molar refractivity (Wildman–Crippen MR) is 70.5 cm³/mol. The van der Waals surface area contributed by atoms with Crippen molar-refractivity contribution in [2.24, 2.45) is 5.73 Å². The first-order valence-electron chi connectivity index (χ1n) is 5.74. The Kier molecular flexibility index (Phi) is 3.63. The van der Waals surface area contributed by atoms with E-state index in [1.54, 1.807) is 12.1 Å². The Labute approximate surface area is 106 Å². The standard InChI is InChI=1S/C15H15NO2/c1-11-5-4-7-13(9-11)18-10-12-6-2-3-8-14(12)15(16)17/h2-9H,10H2,1H3,(H2,16,17). The number of rotatable bonds is 4. The highest BCUT2D eigenvalue weighted by Crippen LogP contribution is 2.16. The largest absolute Gasteiger partial charge is 0.489 e. The van der Waals surface area contributed by atoms with E-state index in [4.69, 9.17) is 10.5 Å². The number of nitrogens with two attached hydrogens (primary N) is 1. The number of amides is 1. The fraction of sp³-hybridized carbons (Fsp3) is 0.133. The third-order valence-electron chi connectivity index (χ3n) is 2.67. The van der Waals surface area contributed by atoms with Crippen LogP contribution in [0, 0.1) is 6.92 Å². The van der Waals surface area contributed by atoms with Gasteiger partial charge in [0.15, 0.2) is 0 Å². The van der Waals surface area contributed by atoms with Crippen LogP contribution in [0.4, 0.5) is 0 Å². The number of aryl methyl sites for hydroxylation is 1. The molecule has 0 fully saturated rings. The predicted octanol–water partition coefficient (Wildman–Crippen LogP) is 2.67. The van der Waals surface area contributed by atoms with Gasteiger partial charge >= 0.3 is 0 Å². The maximum absolute atomic E-state index is 11.3. The molecule has 0 saturated carbocycles. The maximum Gasteiger partial charge on any atom is 0.249 e. The molecule has 0 unspecified atom stereocenters. The number of carbonyl (C=O) groups is 1. The lowest BCUT2D eigenvalue weighted by molar-refractivity contribution is 0.0998. The number of primary amides is 1. The zero-order valence-electron chi connectivity index (χ0n) is 10.2. The van der Waals surface area contributed by atoms with Gasteiger partial charge in [0.1, 0.15) is 12.4 Å². The molecule has 3 heteroatoms. The van der Waals surface area contributed by atoms with Crippen LogP contribution in [-0.4, -0.2) is 5.91 Å². The molecule has 0 atom stereocenters. The smallest absolute Gasteiger partial charge is 0.249 e.